The Kier molecular flexibility index (Phi) is 2.95. The van der Waals surface area contributed by atoms with Crippen molar-refractivity contribution in [2.24, 2.45) is 0 Å². The molecule has 0 unspecified atom stereocenters. The van der Waals surface area contributed by atoms with Gasteiger partial charge in [-0.05, 0) is 14.1 Å². The van der Waals surface area contributed by atoms with Gasteiger partial charge in [0.25, 0.3) is 0 Å². The van der Waals surface area contributed by atoms with E-state index in [0.29, 0.717) is 13.2 Å². The molecule has 66 valence electrons. The molecule has 0 aliphatic carbocycles. The van der Waals surface area contributed by atoms with E-state index >= 15 is 0 Å². The molecule has 0 amide bonds. The summed E-state index contributed by atoms with van der Waals surface area (Å²) in [5.74, 6) is 0. The van der Waals surface area contributed by atoms with E-state index in [-0.39, 0.29) is 6.04 Å². The van der Waals surface area contributed by atoms with Gasteiger partial charge in [-0.2, -0.15) is 0 Å². The molecule has 0 N–H and O–H groups in total. The average molecular weight is 200 g/mol. The molecule has 0 saturated carbocycles. The molecule has 0 aromatic heterocycles. The number of nitrogens with zero attached hydrogens (tertiary/aromatic N) is 1. The van der Waals surface area contributed by atoms with Crippen molar-refractivity contribution in [1.29, 1.82) is 0 Å². The molecule has 0 atom stereocenters. The summed E-state index contributed by atoms with van der Waals surface area (Å²) in [6.45, 7) is -2.48. The lowest BCUT2D eigenvalue weighted by molar-refractivity contribution is 0.0736. The fourth-order valence-corrected chi connectivity index (χ4v) is 1.85. The predicted octanol–water partition coefficient (Wildman–Crippen LogP) is 1.31. The molecule has 1 rings (SSSR count). The molecule has 11 heavy (non-hydrogen) atoms. The van der Waals surface area contributed by atoms with Gasteiger partial charge in [-0.3, -0.25) is 9.05 Å². The molecule has 0 aromatic carbocycles. The zero-order valence-corrected chi connectivity index (χ0v) is 8.14. The standard InChI is InChI=1S/C5H11ClNO3P/c1-7(2)5-3-9-11(6,8)10-4-5/h5H,3-4H2,1-2H3. The molecule has 0 radical (unpaired) electrons. The highest BCUT2D eigenvalue weighted by atomic mass is 35.7. The summed E-state index contributed by atoms with van der Waals surface area (Å²) in [6, 6.07) is 0.149. The summed E-state index contributed by atoms with van der Waals surface area (Å²) in [5, 5.41) is 0. The van der Waals surface area contributed by atoms with Crippen LogP contribution in [0, 0.1) is 0 Å². The number of hydrogen-bond acceptors (Lipinski definition) is 4. The highest BCUT2D eigenvalue weighted by Crippen LogP contribution is 2.55. The van der Waals surface area contributed by atoms with Crippen molar-refractivity contribution in [3.8, 4) is 0 Å². The fraction of sp³-hybridized carbons (Fsp3) is 1.00. The van der Waals surface area contributed by atoms with Crippen molar-refractivity contribution >= 4 is 18.2 Å². The van der Waals surface area contributed by atoms with E-state index in [1.54, 1.807) is 0 Å². The summed E-state index contributed by atoms with van der Waals surface area (Å²) in [7, 11) is 3.81. The highest BCUT2D eigenvalue weighted by molar-refractivity contribution is 7.81. The minimum Gasteiger partial charge on any atom is -0.302 e. The number of likely N-dealkylation sites (N-methyl/N-ethyl adjacent to an activating group) is 1. The van der Waals surface area contributed by atoms with Crippen LogP contribution in [0.5, 0.6) is 0 Å². The molecule has 1 aliphatic heterocycles. The van der Waals surface area contributed by atoms with Crippen LogP contribution in [-0.4, -0.2) is 38.3 Å². The van der Waals surface area contributed by atoms with Crippen LogP contribution in [0.1, 0.15) is 0 Å². The maximum absolute atomic E-state index is 10.9. The van der Waals surface area contributed by atoms with Crippen LogP contribution in [0.4, 0.5) is 0 Å². The SMILES string of the molecule is CN(C)C1COP(=O)(Cl)OC1. The van der Waals surface area contributed by atoms with E-state index in [0.717, 1.165) is 0 Å². The molecule has 0 bridgehead atoms. The highest BCUT2D eigenvalue weighted by Gasteiger charge is 2.30. The summed E-state index contributed by atoms with van der Waals surface area (Å²) >= 11 is 5.33. The Hall–Kier alpha value is 0.400. The minimum absolute atomic E-state index is 0.149. The van der Waals surface area contributed by atoms with Gasteiger partial charge in [-0.15, -0.1) is 0 Å². The third-order valence-electron chi connectivity index (χ3n) is 1.57. The molecule has 1 aliphatic rings. The van der Waals surface area contributed by atoms with E-state index in [9.17, 15) is 4.57 Å². The third kappa shape index (κ3) is 2.73. The van der Waals surface area contributed by atoms with E-state index in [1.165, 1.54) is 0 Å². The van der Waals surface area contributed by atoms with Gasteiger partial charge in [0.2, 0.25) is 0 Å². The van der Waals surface area contributed by atoms with Crippen molar-refractivity contribution in [3.05, 3.63) is 0 Å². The zero-order valence-electron chi connectivity index (χ0n) is 6.49. The topological polar surface area (TPSA) is 38.8 Å². The second kappa shape index (κ2) is 3.42. The van der Waals surface area contributed by atoms with Crippen LogP contribution in [0.2, 0.25) is 0 Å². The van der Waals surface area contributed by atoms with Gasteiger partial charge in [0, 0.05) is 11.2 Å². The fourth-order valence-electron chi connectivity index (χ4n) is 0.734. The van der Waals surface area contributed by atoms with Gasteiger partial charge in [-0.1, -0.05) is 0 Å². The minimum atomic E-state index is -3.22. The first-order valence-electron chi connectivity index (χ1n) is 3.26. The molecule has 4 nitrogen and oxygen atoms in total. The van der Waals surface area contributed by atoms with Gasteiger partial charge in [-0.25, -0.2) is 4.57 Å². The molecule has 0 spiro atoms. The van der Waals surface area contributed by atoms with E-state index in [1.807, 2.05) is 19.0 Å². The van der Waals surface area contributed by atoms with Crippen LogP contribution in [0.25, 0.3) is 0 Å². The predicted molar refractivity (Wildman–Crippen MR) is 42.8 cm³/mol. The Morgan fingerprint density at radius 2 is 1.91 bits per heavy atom. The van der Waals surface area contributed by atoms with Crippen molar-refractivity contribution < 1.29 is 13.6 Å². The Morgan fingerprint density at radius 1 is 1.45 bits per heavy atom. The molecule has 1 saturated heterocycles. The molecular formula is C5H11ClNO3P. The first-order chi connectivity index (χ1) is 5.01. The second-order valence-electron chi connectivity index (χ2n) is 2.64. The number of rotatable bonds is 1. The molecule has 6 heteroatoms. The molecular weight excluding hydrogens is 188 g/mol. The van der Waals surface area contributed by atoms with Gasteiger partial charge >= 0.3 is 6.95 Å². The first-order valence-corrected chi connectivity index (χ1v) is 5.71. The number of halogens is 1. The van der Waals surface area contributed by atoms with Gasteiger partial charge in [0.15, 0.2) is 0 Å². The summed E-state index contributed by atoms with van der Waals surface area (Å²) in [5.41, 5.74) is 0. The Morgan fingerprint density at radius 3 is 2.27 bits per heavy atom. The monoisotopic (exact) mass is 199 g/mol. The lowest BCUT2D eigenvalue weighted by Crippen LogP contribution is -2.38. The van der Waals surface area contributed by atoms with Crippen LogP contribution in [0.15, 0.2) is 0 Å². The average Bonchev–Trinajstić information content (AvgIpc) is 1.86. The van der Waals surface area contributed by atoms with Crippen LogP contribution < -0.4 is 0 Å². The van der Waals surface area contributed by atoms with Crippen molar-refractivity contribution in [1.82, 2.24) is 4.90 Å². The van der Waals surface area contributed by atoms with Crippen molar-refractivity contribution in [2.45, 2.75) is 6.04 Å². The maximum Gasteiger partial charge on any atom is 0.424 e. The lowest BCUT2D eigenvalue weighted by Gasteiger charge is -2.29. The van der Waals surface area contributed by atoms with E-state index in [4.69, 9.17) is 20.3 Å². The molecule has 1 heterocycles. The molecule has 1 fully saturated rings. The summed E-state index contributed by atoms with van der Waals surface area (Å²) in [6.07, 6.45) is 0. The Labute approximate surface area is 70.7 Å². The molecule has 0 aromatic rings. The summed E-state index contributed by atoms with van der Waals surface area (Å²) < 4.78 is 20.5. The van der Waals surface area contributed by atoms with Gasteiger partial charge < -0.3 is 4.90 Å². The summed E-state index contributed by atoms with van der Waals surface area (Å²) in [4.78, 5) is 1.94. The van der Waals surface area contributed by atoms with Gasteiger partial charge in [0.05, 0.1) is 19.3 Å². The lowest BCUT2D eigenvalue weighted by atomic mass is 10.3. The van der Waals surface area contributed by atoms with Crippen LogP contribution >= 0.6 is 18.2 Å². The van der Waals surface area contributed by atoms with Crippen LogP contribution in [-0.2, 0) is 13.6 Å². The Balaban J connectivity index is 2.42. The number of hydrogen-bond donors (Lipinski definition) is 0. The normalized spacial score (nSPS) is 39.5. The van der Waals surface area contributed by atoms with Crippen molar-refractivity contribution in [2.75, 3.05) is 27.3 Å². The second-order valence-corrected chi connectivity index (χ2v) is 5.26. The van der Waals surface area contributed by atoms with E-state index in [2.05, 4.69) is 0 Å². The van der Waals surface area contributed by atoms with E-state index < -0.39 is 6.95 Å². The quantitative estimate of drug-likeness (QED) is 0.597. The Bertz CT molecular complexity index is 175. The van der Waals surface area contributed by atoms with Crippen LogP contribution in [0.3, 0.4) is 0 Å². The largest absolute Gasteiger partial charge is 0.424 e. The zero-order chi connectivity index (χ0) is 8.48. The van der Waals surface area contributed by atoms with Crippen molar-refractivity contribution in [3.63, 3.8) is 0 Å². The van der Waals surface area contributed by atoms with Gasteiger partial charge in [0.1, 0.15) is 0 Å². The maximum atomic E-state index is 10.9. The smallest absolute Gasteiger partial charge is 0.302 e. The third-order valence-corrected chi connectivity index (χ3v) is 3.07. The first kappa shape index (κ1) is 9.49.